The van der Waals surface area contributed by atoms with Crippen molar-refractivity contribution in [3.8, 4) is 55.5 Å². The standard InChI is InChI=1S/C24H18N.C15H12N.2C15H10N.C13H8NS.4C5H8O2.5Ir/c1-24(2)20-9-5-4-8-18(20)19-13-11-17(15-21(19)24)23-14-12-16-7-3-6-10-22(16)25-23;1-2-7-13(8-3-1)15-14-9-5-4-6-12(14)10-11-16-15;2*1-2-6-12(7-3-1)15-11-10-13-8-4-5-9-14(13)16-15;1-2-7-12-10(5-1)9-13(15-12)11-6-3-4-8-14-11;4*1-4(6)3-5(2)7;;;;;/h3-10,12-15H,1-2H3;1-7,9-12,14H;2*1-6,8-11H;1-8H;4*3,6H,1-2H3;;;;;/q5*-1;;;;;;;;;. The minimum atomic E-state index is -0.125. The average Bonchev–Trinajstić information content (AvgIpc) is 1.58. The number of pyridine rings is 4. The summed E-state index contributed by atoms with van der Waals surface area (Å²) in [4.78, 5) is 64.1. The first-order valence-electron chi connectivity index (χ1n) is 37.5. The van der Waals surface area contributed by atoms with Crippen LogP contribution in [-0.4, -0.2) is 69.2 Å². The summed E-state index contributed by atoms with van der Waals surface area (Å²) in [6.45, 7) is 16.0. The topological polar surface area (TPSA) is 213 Å². The molecule has 17 rings (SSSR count). The second-order valence-electron chi connectivity index (χ2n) is 27.4. The van der Waals surface area contributed by atoms with Crippen molar-refractivity contribution >= 4 is 83.0 Å². The van der Waals surface area contributed by atoms with Gasteiger partial charge in [-0.05, 0) is 145 Å². The van der Waals surface area contributed by atoms with E-state index in [4.69, 9.17) is 25.4 Å². The first kappa shape index (κ1) is 103. The van der Waals surface area contributed by atoms with Crippen LogP contribution in [0.3, 0.4) is 0 Å². The van der Waals surface area contributed by atoms with Crippen molar-refractivity contribution in [2.45, 2.75) is 74.7 Å². The summed E-state index contributed by atoms with van der Waals surface area (Å²) in [5.41, 5.74) is 17.7. The fourth-order valence-corrected chi connectivity index (χ4v) is 13.4. The third-order valence-corrected chi connectivity index (χ3v) is 18.5. The van der Waals surface area contributed by atoms with E-state index in [1.807, 2.05) is 164 Å². The number of nitrogens with zero attached hydrogens (tertiary/aromatic N) is 5. The number of aliphatic hydroxyl groups is 4. The molecular formula is C102H90Ir5N5O8S-5. The van der Waals surface area contributed by atoms with E-state index in [9.17, 15) is 19.2 Å². The number of allylic oxidation sites excluding steroid dienone is 13. The third-order valence-electron chi connectivity index (χ3n) is 17.4. The number of fused-ring (bicyclic) bond motifs is 8. The molecule has 14 aromatic rings. The van der Waals surface area contributed by atoms with Gasteiger partial charge in [0.1, 0.15) is 0 Å². The number of aliphatic imine (C=N–C) groups is 1. The Labute approximate surface area is 780 Å². The Balaban J connectivity index is 0.000000294. The Morgan fingerprint density at radius 2 is 0.810 bits per heavy atom. The molecule has 2 atom stereocenters. The van der Waals surface area contributed by atoms with Gasteiger partial charge in [0.2, 0.25) is 0 Å². The van der Waals surface area contributed by atoms with Crippen LogP contribution in [0, 0.1) is 42.2 Å². The van der Waals surface area contributed by atoms with Gasteiger partial charge in [-0.1, -0.05) is 195 Å². The molecule has 9 aromatic carbocycles. The number of carbonyl (C=O) groups is 4. The minimum Gasteiger partial charge on any atom is -0.512 e. The molecule has 121 heavy (non-hydrogen) atoms. The molecule has 4 N–H and O–H groups in total. The SMILES string of the molecule is CC(=O)C=C(C)O.CC(=O)C=C(C)O.CC(=O)C=C(C)O.CC(=O)C=C(C)O.CC1(C)c2ccccc2-c2c[c-]c(-c3ccc4ccccc4n3)cc21.[Ir].[Ir].[Ir].[Ir].[Ir].[c-]1c(-c2ccccn2)sc2ccccc12.[c-]1ccccc1-c1ccc2ccccc2n1.[c-]1ccccc1-c1ccc2ccccc2n1.[c-]1ccccc1C1=NC=CC2C=CC=CC12. The number of hydrogen-bond acceptors (Lipinski definition) is 14. The van der Waals surface area contributed by atoms with E-state index in [1.165, 1.54) is 128 Å². The average molecular weight is 2510 g/mol. The van der Waals surface area contributed by atoms with Crippen LogP contribution in [0.5, 0.6) is 0 Å². The number of thiophene rings is 1. The van der Waals surface area contributed by atoms with E-state index in [0.29, 0.717) is 11.8 Å². The molecule has 1 aliphatic heterocycles. The number of aromatic nitrogens is 4. The normalized spacial score (nSPS) is 13.2. The molecular weight excluding hydrogens is 2420 g/mol. The van der Waals surface area contributed by atoms with Gasteiger partial charge < -0.3 is 30.4 Å². The Kier molecular flexibility index (Phi) is 44.5. The predicted octanol–water partition coefficient (Wildman–Crippen LogP) is 24.5. The van der Waals surface area contributed by atoms with Crippen LogP contribution in [0.15, 0.2) is 356 Å². The molecule has 0 saturated carbocycles. The first-order chi connectivity index (χ1) is 55.9. The summed E-state index contributed by atoms with van der Waals surface area (Å²) in [6.07, 6.45) is 19.2. The number of para-hydroxylation sites is 3. The maximum absolute atomic E-state index is 10.0. The number of hydrogen-bond donors (Lipinski definition) is 4. The minimum absolute atomic E-state index is 0. The molecule has 0 amide bonds. The van der Waals surface area contributed by atoms with Crippen molar-refractivity contribution in [1.29, 1.82) is 0 Å². The van der Waals surface area contributed by atoms with Gasteiger partial charge in [-0.2, -0.15) is 0 Å². The molecule has 2 unspecified atom stereocenters. The zero-order chi connectivity index (χ0) is 82.9. The quantitative estimate of drug-likeness (QED) is 0.0604. The van der Waals surface area contributed by atoms with E-state index < -0.39 is 0 Å². The molecule has 627 valence electrons. The molecule has 0 bridgehead atoms. The Bertz CT molecular complexity index is 5700. The number of carbonyl (C=O) groups excluding carboxylic acids is 4. The van der Waals surface area contributed by atoms with Crippen molar-refractivity contribution in [1.82, 2.24) is 19.9 Å². The van der Waals surface area contributed by atoms with Gasteiger partial charge >= 0.3 is 0 Å². The number of rotatable bonds is 9. The summed E-state index contributed by atoms with van der Waals surface area (Å²) in [7, 11) is 0. The summed E-state index contributed by atoms with van der Waals surface area (Å²) in [6, 6.07) is 105. The maximum atomic E-state index is 10.0. The number of ketones is 4. The van der Waals surface area contributed by atoms with E-state index in [1.54, 1.807) is 11.3 Å². The van der Waals surface area contributed by atoms with Gasteiger partial charge in [0.15, 0.2) is 23.1 Å². The molecule has 0 saturated heterocycles. The molecule has 6 heterocycles. The zero-order valence-electron chi connectivity index (χ0n) is 68.1. The van der Waals surface area contributed by atoms with Crippen molar-refractivity contribution in [2.75, 3.05) is 0 Å². The number of benzene rings is 9. The van der Waals surface area contributed by atoms with Crippen LogP contribution in [0.4, 0.5) is 0 Å². The largest absolute Gasteiger partial charge is 0.512 e. The van der Waals surface area contributed by atoms with Gasteiger partial charge in [-0.25, -0.2) is 11.3 Å². The van der Waals surface area contributed by atoms with E-state index >= 15 is 0 Å². The van der Waals surface area contributed by atoms with Crippen molar-refractivity contribution in [3.05, 3.63) is 398 Å². The first-order valence-corrected chi connectivity index (χ1v) is 38.3. The Morgan fingerprint density at radius 3 is 1.24 bits per heavy atom. The molecule has 19 heteroatoms. The summed E-state index contributed by atoms with van der Waals surface area (Å²) < 4.78 is 1.26. The van der Waals surface area contributed by atoms with Gasteiger partial charge in [-0.3, -0.25) is 34.1 Å². The Morgan fingerprint density at radius 1 is 0.397 bits per heavy atom. The molecule has 2 aliphatic carbocycles. The van der Waals surface area contributed by atoms with Gasteiger partial charge in [0, 0.05) is 149 Å². The fourth-order valence-electron chi connectivity index (χ4n) is 12.4. The van der Waals surface area contributed by atoms with Crippen molar-refractivity contribution < 1.29 is 140 Å². The van der Waals surface area contributed by atoms with Gasteiger partial charge in [0.25, 0.3) is 0 Å². The summed E-state index contributed by atoms with van der Waals surface area (Å²) >= 11 is 1.73. The van der Waals surface area contributed by atoms with E-state index in [2.05, 4.69) is 204 Å². The van der Waals surface area contributed by atoms with Crippen LogP contribution in [0.25, 0.3) is 98.3 Å². The molecule has 0 fully saturated rings. The molecule has 3 aliphatic rings. The van der Waals surface area contributed by atoms with Gasteiger partial charge in [-0.15, -0.1) is 161 Å². The summed E-state index contributed by atoms with van der Waals surface area (Å²) in [5, 5.41) is 38.1. The molecule has 0 spiro atoms. The predicted molar refractivity (Wildman–Crippen MR) is 474 cm³/mol. The second kappa shape index (κ2) is 52.5. The van der Waals surface area contributed by atoms with Gasteiger partial charge in [0.05, 0.1) is 39.6 Å². The second-order valence-corrected chi connectivity index (χ2v) is 28.5. The fraction of sp³-hybridized carbons (Fsp3) is 0.127. The monoisotopic (exact) mass is 2510 g/mol. The van der Waals surface area contributed by atoms with Crippen LogP contribution in [0.2, 0.25) is 0 Å². The summed E-state index contributed by atoms with van der Waals surface area (Å²) in [5.74, 6) is 0.569. The zero-order valence-corrected chi connectivity index (χ0v) is 80.9. The molecule has 5 aromatic heterocycles. The van der Waals surface area contributed by atoms with Crippen LogP contribution >= 0.6 is 11.3 Å². The van der Waals surface area contributed by atoms with Crippen LogP contribution in [0.1, 0.15) is 85.9 Å². The van der Waals surface area contributed by atoms with E-state index in [0.717, 1.165) is 72.2 Å². The van der Waals surface area contributed by atoms with Crippen molar-refractivity contribution in [3.63, 3.8) is 0 Å². The number of aliphatic hydroxyl groups excluding tert-OH is 4. The van der Waals surface area contributed by atoms with Crippen LogP contribution in [-0.2, 0) is 125 Å². The third kappa shape index (κ3) is 32.3. The van der Waals surface area contributed by atoms with Crippen LogP contribution < -0.4 is 0 Å². The van der Waals surface area contributed by atoms with Crippen molar-refractivity contribution in [2.24, 2.45) is 16.8 Å². The molecule has 13 nitrogen and oxygen atoms in total. The Hall–Kier alpha value is -10.7. The smallest absolute Gasteiger partial charge is 0.155 e. The maximum Gasteiger partial charge on any atom is 0.155 e. The van der Waals surface area contributed by atoms with E-state index in [-0.39, 0.29) is 152 Å². The molecule has 5 radical (unpaired) electrons.